The average Bonchev–Trinajstić information content (AvgIpc) is 2.48. The third-order valence-corrected chi connectivity index (χ3v) is 5.29. The summed E-state index contributed by atoms with van der Waals surface area (Å²) in [5.74, 6) is 1.48. The predicted molar refractivity (Wildman–Crippen MR) is 86.5 cm³/mol. The van der Waals surface area contributed by atoms with Gasteiger partial charge >= 0.3 is 0 Å². The summed E-state index contributed by atoms with van der Waals surface area (Å²) < 4.78 is 0. The van der Waals surface area contributed by atoms with Crippen molar-refractivity contribution in [3.05, 3.63) is 35.9 Å². The molecule has 1 aliphatic rings. The molecule has 2 nitrogen and oxygen atoms in total. The standard InChI is InChI=1S/C18H30N2/c1-4-20(13-17-8-6-5-7-9-17)18(14-19)12-15(2)10-11-16(18)3/h5-9,15-16H,4,10-14,19H2,1-3H3. The van der Waals surface area contributed by atoms with Crippen molar-refractivity contribution in [1.82, 2.24) is 4.90 Å². The molecule has 0 amide bonds. The van der Waals surface area contributed by atoms with E-state index in [-0.39, 0.29) is 5.54 Å². The molecule has 0 aromatic heterocycles. The molecule has 1 aromatic rings. The van der Waals surface area contributed by atoms with Gasteiger partial charge in [0, 0.05) is 18.6 Å². The topological polar surface area (TPSA) is 29.3 Å². The van der Waals surface area contributed by atoms with Gasteiger partial charge in [0.15, 0.2) is 0 Å². The Kier molecular flexibility index (Phi) is 5.22. The fourth-order valence-corrected chi connectivity index (χ4v) is 3.95. The Labute approximate surface area is 124 Å². The van der Waals surface area contributed by atoms with Gasteiger partial charge in [-0.1, -0.05) is 57.5 Å². The highest BCUT2D eigenvalue weighted by Crippen LogP contribution is 2.41. The summed E-state index contributed by atoms with van der Waals surface area (Å²) >= 11 is 0. The van der Waals surface area contributed by atoms with Gasteiger partial charge in [0.05, 0.1) is 0 Å². The zero-order valence-corrected chi connectivity index (χ0v) is 13.3. The second-order valence-corrected chi connectivity index (χ2v) is 6.60. The number of nitrogens with two attached hydrogens (primary N) is 1. The summed E-state index contributed by atoms with van der Waals surface area (Å²) in [6.07, 6.45) is 3.90. The maximum Gasteiger partial charge on any atom is 0.0363 e. The van der Waals surface area contributed by atoms with Gasteiger partial charge in [0.25, 0.3) is 0 Å². The minimum Gasteiger partial charge on any atom is -0.329 e. The van der Waals surface area contributed by atoms with Crippen molar-refractivity contribution in [2.24, 2.45) is 17.6 Å². The second kappa shape index (κ2) is 6.73. The van der Waals surface area contributed by atoms with Crippen LogP contribution in [0.3, 0.4) is 0 Å². The molecule has 1 saturated carbocycles. The van der Waals surface area contributed by atoms with Crippen LogP contribution in [0.15, 0.2) is 30.3 Å². The molecule has 2 rings (SSSR count). The Hall–Kier alpha value is -0.860. The molecular weight excluding hydrogens is 244 g/mol. The SMILES string of the molecule is CCN(Cc1ccccc1)C1(CN)CC(C)CCC1C. The molecule has 0 heterocycles. The van der Waals surface area contributed by atoms with Gasteiger partial charge in [0.2, 0.25) is 0 Å². The van der Waals surface area contributed by atoms with Gasteiger partial charge in [-0.2, -0.15) is 0 Å². The van der Waals surface area contributed by atoms with Crippen molar-refractivity contribution in [1.29, 1.82) is 0 Å². The lowest BCUT2D eigenvalue weighted by molar-refractivity contribution is -0.00638. The molecule has 0 saturated heterocycles. The van der Waals surface area contributed by atoms with Crippen LogP contribution in [0.1, 0.15) is 45.6 Å². The summed E-state index contributed by atoms with van der Waals surface area (Å²) in [4.78, 5) is 2.63. The van der Waals surface area contributed by atoms with E-state index in [9.17, 15) is 0 Å². The highest BCUT2D eigenvalue weighted by molar-refractivity contribution is 5.15. The van der Waals surface area contributed by atoms with Gasteiger partial charge in [-0.05, 0) is 36.8 Å². The zero-order valence-electron chi connectivity index (χ0n) is 13.3. The molecule has 112 valence electrons. The zero-order chi connectivity index (χ0) is 14.6. The molecule has 2 heteroatoms. The number of hydrogen-bond acceptors (Lipinski definition) is 2. The van der Waals surface area contributed by atoms with Crippen LogP contribution in [0.25, 0.3) is 0 Å². The summed E-state index contributed by atoms with van der Waals surface area (Å²) in [5, 5.41) is 0. The highest BCUT2D eigenvalue weighted by Gasteiger charge is 2.43. The maximum atomic E-state index is 6.28. The van der Waals surface area contributed by atoms with Gasteiger partial charge in [-0.25, -0.2) is 0 Å². The molecule has 20 heavy (non-hydrogen) atoms. The first-order valence-corrected chi connectivity index (χ1v) is 8.11. The van der Waals surface area contributed by atoms with Crippen LogP contribution in [-0.4, -0.2) is 23.5 Å². The number of nitrogens with zero attached hydrogens (tertiary/aromatic N) is 1. The molecule has 0 aliphatic heterocycles. The van der Waals surface area contributed by atoms with E-state index in [0.29, 0.717) is 5.92 Å². The Morgan fingerprint density at radius 1 is 1.20 bits per heavy atom. The van der Waals surface area contributed by atoms with Crippen molar-refractivity contribution in [3.8, 4) is 0 Å². The minimum atomic E-state index is 0.183. The smallest absolute Gasteiger partial charge is 0.0363 e. The molecular formula is C18H30N2. The van der Waals surface area contributed by atoms with Crippen LogP contribution >= 0.6 is 0 Å². The largest absolute Gasteiger partial charge is 0.329 e. The fourth-order valence-electron chi connectivity index (χ4n) is 3.95. The third kappa shape index (κ3) is 3.07. The van der Waals surface area contributed by atoms with Crippen LogP contribution in [0.4, 0.5) is 0 Å². The van der Waals surface area contributed by atoms with E-state index in [0.717, 1.165) is 25.6 Å². The first-order chi connectivity index (χ1) is 9.62. The molecule has 0 bridgehead atoms. The molecule has 3 unspecified atom stereocenters. The Balaban J connectivity index is 2.22. The van der Waals surface area contributed by atoms with E-state index < -0.39 is 0 Å². The second-order valence-electron chi connectivity index (χ2n) is 6.60. The first kappa shape index (κ1) is 15.5. The van der Waals surface area contributed by atoms with Crippen LogP contribution < -0.4 is 5.73 Å². The number of rotatable bonds is 5. The van der Waals surface area contributed by atoms with Crippen LogP contribution in [0, 0.1) is 11.8 Å². The summed E-state index contributed by atoms with van der Waals surface area (Å²) in [6, 6.07) is 10.8. The Bertz CT molecular complexity index is 403. The number of hydrogen-bond donors (Lipinski definition) is 1. The normalized spacial score (nSPS) is 30.6. The highest BCUT2D eigenvalue weighted by atomic mass is 15.2. The fraction of sp³-hybridized carbons (Fsp3) is 0.667. The third-order valence-electron chi connectivity index (χ3n) is 5.29. The quantitative estimate of drug-likeness (QED) is 0.888. The lowest BCUT2D eigenvalue weighted by Crippen LogP contribution is -2.60. The van der Waals surface area contributed by atoms with E-state index in [1.165, 1.54) is 24.8 Å². The Morgan fingerprint density at radius 3 is 2.50 bits per heavy atom. The lowest BCUT2D eigenvalue weighted by atomic mass is 9.68. The molecule has 0 spiro atoms. The molecule has 3 atom stereocenters. The number of benzene rings is 1. The van der Waals surface area contributed by atoms with Crippen LogP contribution in [0.5, 0.6) is 0 Å². The summed E-state index contributed by atoms with van der Waals surface area (Å²) in [7, 11) is 0. The van der Waals surface area contributed by atoms with Crippen molar-refractivity contribution in [3.63, 3.8) is 0 Å². The van der Waals surface area contributed by atoms with Crippen molar-refractivity contribution in [2.75, 3.05) is 13.1 Å². The van der Waals surface area contributed by atoms with E-state index in [4.69, 9.17) is 5.73 Å². The summed E-state index contributed by atoms with van der Waals surface area (Å²) in [5.41, 5.74) is 7.86. The van der Waals surface area contributed by atoms with E-state index in [1.54, 1.807) is 0 Å². The van der Waals surface area contributed by atoms with E-state index in [1.807, 2.05) is 0 Å². The van der Waals surface area contributed by atoms with Gasteiger partial charge in [0.1, 0.15) is 0 Å². The van der Waals surface area contributed by atoms with Crippen LogP contribution in [0.2, 0.25) is 0 Å². The Morgan fingerprint density at radius 2 is 1.90 bits per heavy atom. The average molecular weight is 274 g/mol. The van der Waals surface area contributed by atoms with Gasteiger partial charge < -0.3 is 5.73 Å². The lowest BCUT2D eigenvalue weighted by Gasteiger charge is -2.51. The molecule has 2 N–H and O–H groups in total. The molecule has 0 radical (unpaired) electrons. The first-order valence-electron chi connectivity index (χ1n) is 8.11. The number of likely N-dealkylation sites (N-methyl/N-ethyl adjacent to an activating group) is 1. The van der Waals surface area contributed by atoms with Gasteiger partial charge in [-0.15, -0.1) is 0 Å². The van der Waals surface area contributed by atoms with Crippen LogP contribution in [-0.2, 0) is 6.54 Å². The van der Waals surface area contributed by atoms with Crippen molar-refractivity contribution < 1.29 is 0 Å². The van der Waals surface area contributed by atoms with E-state index in [2.05, 4.69) is 56.0 Å². The maximum absolute atomic E-state index is 6.28. The summed E-state index contributed by atoms with van der Waals surface area (Å²) in [6.45, 7) is 9.92. The molecule has 1 fully saturated rings. The van der Waals surface area contributed by atoms with E-state index >= 15 is 0 Å². The van der Waals surface area contributed by atoms with Crippen molar-refractivity contribution in [2.45, 2.75) is 52.1 Å². The minimum absolute atomic E-state index is 0.183. The monoisotopic (exact) mass is 274 g/mol. The molecule has 1 aliphatic carbocycles. The predicted octanol–water partition coefficient (Wildman–Crippen LogP) is 3.66. The van der Waals surface area contributed by atoms with Crippen molar-refractivity contribution >= 4 is 0 Å². The molecule has 1 aromatic carbocycles. The van der Waals surface area contributed by atoms with Gasteiger partial charge in [-0.3, -0.25) is 4.90 Å².